The third-order valence-corrected chi connectivity index (χ3v) is 2.55. The van der Waals surface area contributed by atoms with E-state index in [1.54, 1.807) is 18.2 Å². The van der Waals surface area contributed by atoms with E-state index < -0.39 is 10.8 Å². The number of aromatic amines is 1. The summed E-state index contributed by atoms with van der Waals surface area (Å²) < 4.78 is 0. The third-order valence-electron chi connectivity index (χ3n) is 2.55. The second-order valence-corrected chi connectivity index (χ2v) is 3.84. The summed E-state index contributed by atoms with van der Waals surface area (Å²) in [6, 6.07) is 7.75. The van der Waals surface area contributed by atoms with Crippen molar-refractivity contribution in [1.82, 2.24) is 10.3 Å². The zero-order chi connectivity index (χ0) is 13.8. The Labute approximate surface area is 108 Å². The van der Waals surface area contributed by atoms with Crippen LogP contribution in [0.4, 0.5) is 5.69 Å². The smallest absolute Gasteiger partial charge is 0.287 e. The van der Waals surface area contributed by atoms with Gasteiger partial charge < -0.3 is 15.4 Å². The molecule has 0 atom stereocenters. The number of nitrogens with zero attached hydrogens (tertiary/aromatic N) is 1. The fourth-order valence-electron chi connectivity index (χ4n) is 1.55. The molecule has 19 heavy (non-hydrogen) atoms. The molecule has 0 unspecified atom stereocenters. The molecule has 0 aliphatic carbocycles. The van der Waals surface area contributed by atoms with Crippen LogP contribution in [0.2, 0.25) is 0 Å². The highest BCUT2D eigenvalue weighted by atomic mass is 16.6. The van der Waals surface area contributed by atoms with E-state index in [2.05, 4.69) is 10.3 Å². The summed E-state index contributed by atoms with van der Waals surface area (Å²) in [4.78, 5) is 24.1. The van der Waals surface area contributed by atoms with Crippen LogP contribution in [0, 0.1) is 10.1 Å². The Bertz CT molecular complexity index is 621. The normalized spacial score (nSPS) is 10.1. The fraction of sp³-hybridized carbons (Fsp3) is 0.0833. The van der Waals surface area contributed by atoms with Gasteiger partial charge in [0.15, 0.2) is 0 Å². The van der Waals surface area contributed by atoms with E-state index in [0.29, 0.717) is 5.56 Å². The molecule has 0 spiro atoms. The zero-order valence-corrected chi connectivity index (χ0v) is 9.79. The lowest BCUT2D eigenvalue weighted by Crippen LogP contribution is -2.23. The minimum absolute atomic E-state index is 0.0836. The van der Waals surface area contributed by atoms with Gasteiger partial charge in [0.05, 0.1) is 11.1 Å². The molecule has 1 heterocycles. The predicted molar refractivity (Wildman–Crippen MR) is 66.7 cm³/mol. The molecule has 1 amide bonds. The number of rotatable bonds is 4. The molecule has 1 aromatic heterocycles. The van der Waals surface area contributed by atoms with E-state index in [4.69, 9.17) is 0 Å². The first-order valence-corrected chi connectivity index (χ1v) is 5.46. The summed E-state index contributed by atoms with van der Waals surface area (Å²) in [7, 11) is 0. The van der Waals surface area contributed by atoms with Gasteiger partial charge in [0.25, 0.3) is 11.6 Å². The number of nitrogens with one attached hydrogen (secondary N) is 2. The first-order valence-electron chi connectivity index (χ1n) is 5.46. The van der Waals surface area contributed by atoms with Gasteiger partial charge in [-0.1, -0.05) is 18.2 Å². The van der Waals surface area contributed by atoms with Crippen LogP contribution in [-0.4, -0.2) is 20.9 Å². The number of hydrogen-bond donors (Lipinski definition) is 3. The van der Waals surface area contributed by atoms with E-state index in [1.165, 1.54) is 6.07 Å². The van der Waals surface area contributed by atoms with Gasteiger partial charge in [0.2, 0.25) is 0 Å². The largest absolute Gasteiger partial charge is 0.508 e. The Balaban J connectivity index is 2.01. The number of benzene rings is 1. The average Bonchev–Trinajstić information content (AvgIpc) is 2.87. The molecule has 7 nitrogen and oxygen atoms in total. The first-order chi connectivity index (χ1) is 9.08. The molecule has 0 fully saturated rings. The zero-order valence-electron chi connectivity index (χ0n) is 9.79. The van der Waals surface area contributed by atoms with Crippen LogP contribution in [0.15, 0.2) is 36.5 Å². The Hall–Kier alpha value is -2.83. The molecule has 0 aliphatic heterocycles. The standard InChI is InChI=1S/C12H11N3O4/c16-11-4-2-1-3-8(11)6-14-12(17)10-5-9(7-13-10)15(18)19/h1-5,7,13,16H,6H2,(H,14,17). The van der Waals surface area contributed by atoms with Crippen LogP contribution < -0.4 is 5.32 Å². The van der Waals surface area contributed by atoms with E-state index in [1.807, 2.05) is 0 Å². The van der Waals surface area contributed by atoms with Crippen molar-refractivity contribution < 1.29 is 14.8 Å². The Morgan fingerprint density at radius 2 is 2.16 bits per heavy atom. The third kappa shape index (κ3) is 2.89. The second kappa shape index (κ2) is 5.21. The highest BCUT2D eigenvalue weighted by Gasteiger charge is 2.14. The van der Waals surface area contributed by atoms with Crippen LogP contribution in [0.1, 0.15) is 16.1 Å². The molecular formula is C12H11N3O4. The van der Waals surface area contributed by atoms with Crippen molar-refractivity contribution in [2.24, 2.45) is 0 Å². The average molecular weight is 261 g/mol. The fourth-order valence-corrected chi connectivity index (χ4v) is 1.55. The Morgan fingerprint density at radius 1 is 1.42 bits per heavy atom. The molecule has 98 valence electrons. The number of hydrogen-bond acceptors (Lipinski definition) is 4. The maximum Gasteiger partial charge on any atom is 0.287 e. The number of amides is 1. The molecule has 1 aromatic carbocycles. The number of phenols is 1. The number of aromatic nitrogens is 1. The Kier molecular flexibility index (Phi) is 3.46. The number of nitro groups is 1. The number of para-hydroxylation sites is 1. The van der Waals surface area contributed by atoms with Gasteiger partial charge >= 0.3 is 0 Å². The lowest BCUT2D eigenvalue weighted by Gasteiger charge is -2.05. The molecule has 0 saturated heterocycles. The highest BCUT2D eigenvalue weighted by molar-refractivity contribution is 5.93. The molecule has 2 aromatic rings. The maximum absolute atomic E-state index is 11.7. The molecule has 0 saturated carbocycles. The number of carbonyl (C=O) groups is 1. The van der Waals surface area contributed by atoms with Crippen LogP contribution in [0.3, 0.4) is 0 Å². The lowest BCUT2D eigenvalue weighted by molar-refractivity contribution is -0.384. The summed E-state index contributed by atoms with van der Waals surface area (Å²) >= 11 is 0. The van der Waals surface area contributed by atoms with Gasteiger partial charge in [0.1, 0.15) is 11.4 Å². The van der Waals surface area contributed by atoms with Gasteiger partial charge in [-0.2, -0.15) is 0 Å². The van der Waals surface area contributed by atoms with Crippen molar-refractivity contribution in [3.8, 4) is 5.75 Å². The summed E-state index contributed by atoms with van der Waals surface area (Å²) in [6.07, 6.45) is 1.15. The van der Waals surface area contributed by atoms with Gasteiger partial charge in [-0.3, -0.25) is 14.9 Å². The first kappa shape index (κ1) is 12.6. The molecular weight excluding hydrogens is 250 g/mol. The molecule has 7 heteroatoms. The quantitative estimate of drug-likeness (QED) is 0.573. The number of aromatic hydroxyl groups is 1. The van der Waals surface area contributed by atoms with E-state index in [0.717, 1.165) is 12.3 Å². The molecule has 0 aliphatic rings. The van der Waals surface area contributed by atoms with Crippen LogP contribution in [0.5, 0.6) is 5.75 Å². The minimum Gasteiger partial charge on any atom is -0.508 e. The highest BCUT2D eigenvalue weighted by Crippen LogP contribution is 2.16. The summed E-state index contributed by atoms with van der Waals surface area (Å²) in [6.45, 7) is 0.137. The summed E-state index contributed by atoms with van der Waals surface area (Å²) in [5.41, 5.74) is 0.492. The van der Waals surface area contributed by atoms with Crippen molar-refractivity contribution in [1.29, 1.82) is 0 Å². The number of carbonyl (C=O) groups excluding carboxylic acids is 1. The van der Waals surface area contributed by atoms with Crippen LogP contribution in [0.25, 0.3) is 0 Å². The second-order valence-electron chi connectivity index (χ2n) is 3.84. The molecule has 0 bridgehead atoms. The van der Waals surface area contributed by atoms with Crippen molar-refractivity contribution in [3.05, 3.63) is 57.9 Å². The van der Waals surface area contributed by atoms with Gasteiger partial charge in [-0.05, 0) is 6.07 Å². The maximum atomic E-state index is 11.7. The van der Waals surface area contributed by atoms with E-state index >= 15 is 0 Å². The number of phenolic OH excluding ortho intramolecular Hbond substituents is 1. The van der Waals surface area contributed by atoms with Crippen molar-refractivity contribution >= 4 is 11.6 Å². The van der Waals surface area contributed by atoms with Crippen molar-refractivity contribution in [2.45, 2.75) is 6.54 Å². The Morgan fingerprint density at radius 3 is 2.79 bits per heavy atom. The van der Waals surface area contributed by atoms with Crippen molar-refractivity contribution in [3.63, 3.8) is 0 Å². The van der Waals surface area contributed by atoms with Crippen molar-refractivity contribution in [2.75, 3.05) is 0 Å². The monoisotopic (exact) mass is 261 g/mol. The predicted octanol–water partition coefficient (Wildman–Crippen LogP) is 1.56. The van der Waals surface area contributed by atoms with E-state index in [-0.39, 0.29) is 23.7 Å². The topological polar surface area (TPSA) is 108 Å². The minimum atomic E-state index is -0.587. The van der Waals surface area contributed by atoms with E-state index in [9.17, 15) is 20.0 Å². The number of H-pyrrole nitrogens is 1. The molecule has 3 N–H and O–H groups in total. The van der Waals surface area contributed by atoms with Gasteiger partial charge in [-0.15, -0.1) is 0 Å². The van der Waals surface area contributed by atoms with Crippen LogP contribution in [-0.2, 0) is 6.54 Å². The summed E-state index contributed by atoms with van der Waals surface area (Å²) in [5, 5.41) is 22.6. The van der Waals surface area contributed by atoms with Gasteiger partial charge in [0, 0.05) is 18.2 Å². The molecule has 2 rings (SSSR count). The SMILES string of the molecule is O=C(NCc1ccccc1O)c1cc([N+](=O)[O-])c[nH]1. The lowest BCUT2D eigenvalue weighted by atomic mass is 10.2. The van der Waals surface area contributed by atoms with Crippen LogP contribution >= 0.6 is 0 Å². The molecule has 0 radical (unpaired) electrons. The van der Waals surface area contributed by atoms with Gasteiger partial charge in [-0.25, -0.2) is 0 Å². The summed E-state index contributed by atoms with van der Waals surface area (Å²) in [5.74, 6) is -0.392.